The molecule has 0 aliphatic carbocycles. The number of anilines is 3. The van der Waals surface area contributed by atoms with E-state index in [0.717, 1.165) is 11.1 Å². The van der Waals surface area contributed by atoms with E-state index in [0.29, 0.717) is 38.9 Å². The second-order valence-electron chi connectivity index (χ2n) is 7.77. The number of aliphatic hydroxyl groups is 1. The second kappa shape index (κ2) is 10.3. The first-order valence-electron chi connectivity index (χ1n) is 11.2. The number of carbonyl (C=O) groups is 2. The van der Waals surface area contributed by atoms with Gasteiger partial charge in [-0.15, -0.1) is 0 Å². The van der Waals surface area contributed by atoms with Gasteiger partial charge in [0, 0.05) is 41.8 Å². The van der Waals surface area contributed by atoms with Gasteiger partial charge in [-0.3, -0.25) is 10.1 Å². The summed E-state index contributed by atoms with van der Waals surface area (Å²) < 4.78 is 4.92. The van der Waals surface area contributed by atoms with E-state index in [2.05, 4.69) is 21.3 Å². The number of aromatic nitrogens is 1. The number of fused-ring (bicyclic) bond motifs is 2. The lowest BCUT2D eigenvalue weighted by Gasteiger charge is -2.20. The summed E-state index contributed by atoms with van der Waals surface area (Å²) in [6.45, 7) is 1.98. The van der Waals surface area contributed by atoms with E-state index in [-0.39, 0.29) is 12.5 Å². The summed E-state index contributed by atoms with van der Waals surface area (Å²) in [4.78, 5) is 29.1. The number of ether oxygens (including phenoxy) is 1. The van der Waals surface area contributed by atoms with Gasteiger partial charge in [-0.25, -0.2) is 9.78 Å². The van der Waals surface area contributed by atoms with E-state index in [1.165, 1.54) is 0 Å². The summed E-state index contributed by atoms with van der Waals surface area (Å²) in [6.07, 6.45) is -1.68. The highest BCUT2D eigenvalue weighted by molar-refractivity contribution is 6.14. The molecule has 4 rings (SSSR count). The zero-order valence-electron chi connectivity index (χ0n) is 19.7. The van der Waals surface area contributed by atoms with Crippen molar-refractivity contribution in [2.24, 2.45) is 0 Å². The zero-order chi connectivity index (χ0) is 24.9. The maximum atomic E-state index is 12.5. The Morgan fingerprint density at radius 3 is 2.54 bits per heavy atom. The van der Waals surface area contributed by atoms with Crippen molar-refractivity contribution in [1.82, 2.24) is 10.3 Å². The number of para-hydroxylation sites is 1. The Bertz CT molecular complexity index is 1410. The Hall–Kier alpha value is -4.37. The van der Waals surface area contributed by atoms with E-state index in [4.69, 9.17) is 9.72 Å². The number of hydrogen-bond donors (Lipinski definition) is 5. The van der Waals surface area contributed by atoms with Crippen LogP contribution in [0.15, 0.2) is 60.7 Å². The summed E-state index contributed by atoms with van der Waals surface area (Å²) in [7, 11) is 3.39. The van der Waals surface area contributed by atoms with E-state index in [1.54, 1.807) is 50.4 Å². The van der Waals surface area contributed by atoms with Gasteiger partial charge >= 0.3 is 6.09 Å². The number of amides is 2. The topological polar surface area (TPSA) is 125 Å². The van der Waals surface area contributed by atoms with Crippen molar-refractivity contribution >= 4 is 50.9 Å². The van der Waals surface area contributed by atoms with Crippen LogP contribution in [-0.4, -0.2) is 42.8 Å². The molecule has 1 aromatic heterocycles. The fourth-order valence-electron chi connectivity index (χ4n) is 3.89. The Morgan fingerprint density at radius 1 is 1.00 bits per heavy atom. The molecule has 1 unspecified atom stereocenters. The number of benzene rings is 3. The quantitative estimate of drug-likeness (QED) is 0.198. The van der Waals surface area contributed by atoms with E-state index < -0.39 is 12.3 Å². The lowest BCUT2D eigenvalue weighted by atomic mass is 10.0. The molecule has 0 aliphatic rings. The molecule has 9 nitrogen and oxygen atoms in total. The van der Waals surface area contributed by atoms with Gasteiger partial charge in [0.2, 0.25) is 0 Å². The number of aliphatic hydroxyl groups excluding tert-OH is 1. The van der Waals surface area contributed by atoms with Crippen LogP contribution in [0.5, 0.6) is 0 Å². The summed E-state index contributed by atoms with van der Waals surface area (Å²) in [5.41, 5.74) is 4.13. The predicted molar refractivity (Wildman–Crippen MR) is 138 cm³/mol. The summed E-state index contributed by atoms with van der Waals surface area (Å²) in [5.74, 6) is -0.253. The molecule has 2 amide bonds. The third-order valence-electron chi connectivity index (χ3n) is 5.57. The summed E-state index contributed by atoms with van der Waals surface area (Å²) >= 11 is 0. The van der Waals surface area contributed by atoms with Crippen molar-refractivity contribution in [1.29, 1.82) is 0 Å². The van der Waals surface area contributed by atoms with Crippen molar-refractivity contribution in [3.05, 3.63) is 71.8 Å². The molecule has 0 spiro atoms. The molecule has 1 atom stereocenters. The molecule has 0 fully saturated rings. The molecule has 4 aromatic rings. The minimum Gasteiger partial charge on any atom is -0.450 e. The average Bonchev–Trinajstić information content (AvgIpc) is 2.87. The van der Waals surface area contributed by atoms with E-state index in [1.807, 2.05) is 31.3 Å². The van der Waals surface area contributed by atoms with Gasteiger partial charge in [-0.2, -0.15) is 0 Å². The number of nitrogens with one attached hydrogen (secondary N) is 4. The molecule has 180 valence electrons. The Balaban J connectivity index is 1.80. The predicted octanol–water partition coefficient (Wildman–Crippen LogP) is 4.46. The number of nitrogens with zero attached hydrogens (tertiary/aromatic N) is 1. The number of pyridine rings is 1. The largest absolute Gasteiger partial charge is 0.450 e. The van der Waals surface area contributed by atoms with Gasteiger partial charge in [-0.1, -0.05) is 24.3 Å². The van der Waals surface area contributed by atoms with Gasteiger partial charge < -0.3 is 25.8 Å². The molecule has 0 saturated heterocycles. The monoisotopic (exact) mass is 473 g/mol. The second-order valence-corrected chi connectivity index (χ2v) is 7.77. The minimum absolute atomic E-state index is 0.253. The van der Waals surface area contributed by atoms with Gasteiger partial charge in [0.15, 0.2) is 6.23 Å². The molecular formula is C26H27N5O4. The molecule has 35 heavy (non-hydrogen) atoms. The van der Waals surface area contributed by atoms with Crippen molar-refractivity contribution in [3.63, 3.8) is 0 Å². The van der Waals surface area contributed by atoms with Crippen molar-refractivity contribution in [2.45, 2.75) is 13.2 Å². The average molecular weight is 474 g/mol. The van der Waals surface area contributed by atoms with Crippen LogP contribution >= 0.6 is 0 Å². The highest BCUT2D eigenvalue weighted by Gasteiger charge is 2.18. The van der Waals surface area contributed by atoms with Crippen molar-refractivity contribution < 1.29 is 19.4 Å². The molecule has 0 bridgehead atoms. The van der Waals surface area contributed by atoms with Crippen LogP contribution in [0, 0.1) is 0 Å². The molecule has 0 aliphatic heterocycles. The number of carbonyl (C=O) groups excluding carboxylic acids is 2. The minimum atomic E-state index is -1.11. The maximum Gasteiger partial charge on any atom is 0.411 e. The van der Waals surface area contributed by atoms with Gasteiger partial charge in [-0.05, 0) is 43.3 Å². The molecule has 0 saturated carbocycles. The van der Waals surface area contributed by atoms with Gasteiger partial charge in [0.1, 0.15) is 0 Å². The summed E-state index contributed by atoms with van der Waals surface area (Å²) in [6, 6.07) is 17.9. The van der Waals surface area contributed by atoms with Crippen LogP contribution in [0.25, 0.3) is 21.8 Å². The lowest BCUT2D eigenvalue weighted by Crippen LogP contribution is -2.18. The lowest BCUT2D eigenvalue weighted by molar-refractivity contribution is 0.0964. The fourth-order valence-corrected chi connectivity index (χ4v) is 3.89. The van der Waals surface area contributed by atoms with Gasteiger partial charge in [0.25, 0.3) is 5.91 Å². The molecule has 3 aromatic carbocycles. The Kier molecular flexibility index (Phi) is 6.98. The normalized spacial score (nSPS) is 11.7. The Labute approximate surface area is 202 Å². The van der Waals surface area contributed by atoms with Crippen LogP contribution in [-0.2, 0) is 4.74 Å². The third-order valence-corrected chi connectivity index (χ3v) is 5.57. The van der Waals surface area contributed by atoms with Crippen LogP contribution in [0.4, 0.5) is 21.9 Å². The summed E-state index contributed by atoms with van der Waals surface area (Å²) in [5, 5.41) is 24.2. The molecular weight excluding hydrogens is 446 g/mol. The first kappa shape index (κ1) is 23.8. The molecule has 0 radical (unpaired) electrons. The first-order valence-corrected chi connectivity index (χ1v) is 11.2. The van der Waals surface area contributed by atoms with Crippen molar-refractivity contribution in [2.75, 3.05) is 36.7 Å². The van der Waals surface area contributed by atoms with Crippen LogP contribution in [0.3, 0.4) is 0 Å². The van der Waals surface area contributed by atoms with Crippen molar-refractivity contribution in [3.8, 4) is 0 Å². The van der Waals surface area contributed by atoms with Crippen LogP contribution < -0.4 is 21.3 Å². The Morgan fingerprint density at radius 2 is 1.80 bits per heavy atom. The molecule has 1 heterocycles. The van der Waals surface area contributed by atoms with Gasteiger partial charge in [0.05, 0.1) is 28.9 Å². The third kappa shape index (κ3) is 4.95. The van der Waals surface area contributed by atoms with Crippen LogP contribution in [0.1, 0.15) is 29.1 Å². The molecule has 5 N–H and O–H groups in total. The smallest absolute Gasteiger partial charge is 0.411 e. The maximum absolute atomic E-state index is 12.5. The standard InChI is InChI=1S/C26H27N5O4/c1-4-35-26(34)29-17-8-5-7-15(13-17)24(32)31-22-18-12-11-16(27-2)14-21(18)30-23-19(22)9-6-10-20(23)25(33)28-3/h5-14,24,27,32H,4H2,1-3H3,(H,28,33)(H,29,34)(H,30,31). The number of rotatable bonds is 7. The van der Waals surface area contributed by atoms with E-state index >= 15 is 0 Å². The number of hydrogen-bond acceptors (Lipinski definition) is 7. The van der Waals surface area contributed by atoms with E-state index in [9.17, 15) is 14.7 Å². The SMILES string of the molecule is CCOC(=O)Nc1cccc(C(O)Nc2c3ccc(NC)cc3nc3c(C(=O)NC)cccc23)c1. The van der Waals surface area contributed by atoms with Crippen LogP contribution in [0.2, 0.25) is 0 Å². The zero-order valence-corrected chi connectivity index (χ0v) is 19.7. The highest BCUT2D eigenvalue weighted by atomic mass is 16.5. The first-order chi connectivity index (χ1) is 16.9. The highest BCUT2D eigenvalue weighted by Crippen LogP contribution is 2.35. The fraction of sp³-hybridized carbons (Fsp3) is 0.192. The molecule has 9 heteroatoms.